The van der Waals surface area contributed by atoms with Crippen molar-refractivity contribution in [3.63, 3.8) is 0 Å². The number of aryl methyl sites for hydroxylation is 1. The summed E-state index contributed by atoms with van der Waals surface area (Å²) in [6, 6.07) is 3.63. The molecule has 0 saturated carbocycles. The smallest absolute Gasteiger partial charge is 0.239 e. The van der Waals surface area contributed by atoms with Crippen LogP contribution in [0.25, 0.3) is 0 Å². The lowest BCUT2D eigenvalue weighted by molar-refractivity contribution is -0.117. The second kappa shape index (κ2) is 8.18. The molecule has 1 fully saturated rings. The number of nitrogens with one attached hydrogen (secondary N) is 1. The lowest BCUT2D eigenvalue weighted by Crippen LogP contribution is -2.49. The van der Waals surface area contributed by atoms with Crippen LogP contribution in [0.4, 0.5) is 20.3 Å². The van der Waals surface area contributed by atoms with E-state index in [9.17, 15) is 13.6 Å². The summed E-state index contributed by atoms with van der Waals surface area (Å²) < 4.78 is 27.0. The highest BCUT2D eigenvalue weighted by Gasteiger charge is 2.22. The third kappa shape index (κ3) is 4.11. The summed E-state index contributed by atoms with van der Waals surface area (Å²) in [7, 11) is 0. The highest BCUT2D eigenvalue weighted by Crippen LogP contribution is 2.24. The van der Waals surface area contributed by atoms with Crippen LogP contribution in [-0.4, -0.2) is 53.5 Å². The monoisotopic (exact) mass is 387 g/mol. The van der Waals surface area contributed by atoms with Gasteiger partial charge in [0.05, 0.1) is 12.2 Å². The van der Waals surface area contributed by atoms with Gasteiger partial charge in [0, 0.05) is 43.5 Å². The molecule has 2 heterocycles. The average molecular weight is 387 g/mol. The summed E-state index contributed by atoms with van der Waals surface area (Å²) >= 11 is 0. The Balaban J connectivity index is 1.32. The van der Waals surface area contributed by atoms with Gasteiger partial charge in [-0.3, -0.25) is 9.69 Å². The molecule has 6 nitrogen and oxygen atoms in total. The van der Waals surface area contributed by atoms with Crippen LogP contribution in [0.2, 0.25) is 0 Å². The van der Waals surface area contributed by atoms with Crippen LogP contribution < -0.4 is 10.2 Å². The summed E-state index contributed by atoms with van der Waals surface area (Å²) in [6.45, 7) is 2.69. The van der Waals surface area contributed by atoms with E-state index in [-0.39, 0.29) is 12.5 Å². The third-order valence-electron chi connectivity index (χ3n) is 5.37. The maximum atomic E-state index is 14.0. The van der Waals surface area contributed by atoms with Gasteiger partial charge in [0.15, 0.2) is 0 Å². The standard InChI is InChI=1S/C20H23F2N5O/c21-14-5-6-18(16(22)11-14)27-9-7-26(8-10-27)12-19(28)25-20-15-3-1-2-4-17(15)23-13-24-20/h5-6,11,13H,1-4,7-10,12H2,(H,23,24,25,28). The highest BCUT2D eigenvalue weighted by atomic mass is 19.1. The molecule has 1 aliphatic heterocycles. The summed E-state index contributed by atoms with van der Waals surface area (Å²) in [5, 5.41) is 2.93. The van der Waals surface area contributed by atoms with Crippen LogP contribution in [0.15, 0.2) is 24.5 Å². The van der Waals surface area contributed by atoms with Crippen molar-refractivity contribution in [1.29, 1.82) is 0 Å². The highest BCUT2D eigenvalue weighted by molar-refractivity contribution is 5.92. The lowest BCUT2D eigenvalue weighted by atomic mass is 9.96. The molecule has 28 heavy (non-hydrogen) atoms. The maximum absolute atomic E-state index is 14.0. The van der Waals surface area contributed by atoms with Gasteiger partial charge in [0.1, 0.15) is 23.8 Å². The van der Waals surface area contributed by atoms with E-state index in [0.717, 1.165) is 43.0 Å². The van der Waals surface area contributed by atoms with Gasteiger partial charge in [0.25, 0.3) is 0 Å². The van der Waals surface area contributed by atoms with Crippen molar-refractivity contribution in [1.82, 2.24) is 14.9 Å². The number of aromatic nitrogens is 2. The third-order valence-corrected chi connectivity index (χ3v) is 5.37. The SMILES string of the molecule is O=C(CN1CCN(c2ccc(F)cc2F)CC1)Nc1ncnc2c1CCCC2. The van der Waals surface area contributed by atoms with Gasteiger partial charge in [-0.1, -0.05) is 0 Å². The topological polar surface area (TPSA) is 61.4 Å². The molecule has 0 atom stereocenters. The minimum absolute atomic E-state index is 0.104. The van der Waals surface area contributed by atoms with Gasteiger partial charge in [-0.15, -0.1) is 0 Å². The fourth-order valence-corrected chi connectivity index (χ4v) is 3.89. The van der Waals surface area contributed by atoms with Gasteiger partial charge in [-0.25, -0.2) is 18.7 Å². The molecule has 0 spiro atoms. The number of benzene rings is 1. The average Bonchev–Trinajstić information content (AvgIpc) is 2.69. The second-order valence-corrected chi connectivity index (χ2v) is 7.26. The van der Waals surface area contributed by atoms with E-state index in [1.54, 1.807) is 0 Å². The number of carbonyl (C=O) groups excluding carboxylic acids is 1. The fourth-order valence-electron chi connectivity index (χ4n) is 3.89. The fraction of sp³-hybridized carbons (Fsp3) is 0.450. The van der Waals surface area contributed by atoms with Gasteiger partial charge in [-0.05, 0) is 37.8 Å². The first-order chi connectivity index (χ1) is 13.6. The predicted molar refractivity (Wildman–Crippen MR) is 102 cm³/mol. The maximum Gasteiger partial charge on any atom is 0.239 e. The molecule has 2 aliphatic rings. The molecule has 0 unspecified atom stereocenters. The normalized spacial score (nSPS) is 17.3. The second-order valence-electron chi connectivity index (χ2n) is 7.26. The van der Waals surface area contributed by atoms with Crippen molar-refractivity contribution in [2.24, 2.45) is 0 Å². The van der Waals surface area contributed by atoms with E-state index in [1.807, 2.05) is 9.80 Å². The minimum atomic E-state index is -0.580. The van der Waals surface area contributed by atoms with E-state index in [4.69, 9.17) is 0 Å². The Morgan fingerprint density at radius 3 is 2.64 bits per heavy atom. The Morgan fingerprint density at radius 2 is 1.86 bits per heavy atom. The molecule has 8 heteroatoms. The Hall–Kier alpha value is -2.61. The Morgan fingerprint density at radius 1 is 1.07 bits per heavy atom. The van der Waals surface area contributed by atoms with Gasteiger partial charge < -0.3 is 10.2 Å². The van der Waals surface area contributed by atoms with Crippen molar-refractivity contribution >= 4 is 17.4 Å². The van der Waals surface area contributed by atoms with Crippen molar-refractivity contribution < 1.29 is 13.6 Å². The van der Waals surface area contributed by atoms with Gasteiger partial charge in [-0.2, -0.15) is 0 Å². The predicted octanol–water partition coefficient (Wildman–Crippen LogP) is 2.39. The first-order valence-electron chi connectivity index (χ1n) is 9.65. The Labute approximate surface area is 162 Å². The van der Waals surface area contributed by atoms with Crippen LogP contribution in [0, 0.1) is 11.6 Å². The number of fused-ring (bicyclic) bond motifs is 1. The lowest BCUT2D eigenvalue weighted by Gasteiger charge is -2.35. The van der Waals surface area contributed by atoms with Crippen LogP contribution in [0.5, 0.6) is 0 Å². The summed E-state index contributed by atoms with van der Waals surface area (Å²) in [5.41, 5.74) is 2.49. The zero-order valence-electron chi connectivity index (χ0n) is 15.6. The molecule has 2 aromatic rings. The number of carbonyl (C=O) groups is 1. The number of halogens is 2. The largest absolute Gasteiger partial charge is 0.367 e. The number of piperazine rings is 1. The van der Waals surface area contributed by atoms with Crippen LogP contribution >= 0.6 is 0 Å². The molecular formula is C20H23F2N5O. The molecule has 1 N–H and O–H groups in total. The molecule has 1 aromatic carbocycles. The van der Waals surface area contributed by atoms with Gasteiger partial charge >= 0.3 is 0 Å². The number of hydrogen-bond acceptors (Lipinski definition) is 5. The molecule has 148 valence electrons. The van der Waals surface area contributed by atoms with E-state index < -0.39 is 11.6 Å². The first-order valence-corrected chi connectivity index (χ1v) is 9.65. The Bertz CT molecular complexity index is 868. The van der Waals surface area contributed by atoms with Crippen LogP contribution in [-0.2, 0) is 17.6 Å². The minimum Gasteiger partial charge on any atom is -0.367 e. The molecule has 4 rings (SSSR count). The summed E-state index contributed by atoms with van der Waals surface area (Å²) in [5.74, 6) is -0.613. The Kier molecular flexibility index (Phi) is 5.47. The van der Waals surface area contributed by atoms with E-state index in [0.29, 0.717) is 37.7 Å². The van der Waals surface area contributed by atoms with Gasteiger partial charge in [0.2, 0.25) is 5.91 Å². The van der Waals surface area contributed by atoms with Crippen molar-refractivity contribution in [2.45, 2.75) is 25.7 Å². The quantitative estimate of drug-likeness (QED) is 0.873. The molecule has 1 amide bonds. The number of anilines is 2. The first kappa shape index (κ1) is 18.7. The molecule has 0 bridgehead atoms. The molecule has 1 saturated heterocycles. The number of amides is 1. The molecule has 0 radical (unpaired) electrons. The zero-order chi connectivity index (χ0) is 19.5. The van der Waals surface area contributed by atoms with Crippen LogP contribution in [0.1, 0.15) is 24.1 Å². The summed E-state index contributed by atoms with van der Waals surface area (Å²) in [4.78, 5) is 25.0. The van der Waals surface area contributed by atoms with Crippen LogP contribution in [0.3, 0.4) is 0 Å². The number of nitrogens with zero attached hydrogens (tertiary/aromatic N) is 4. The van der Waals surface area contributed by atoms with Crippen molar-refractivity contribution in [2.75, 3.05) is 42.9 Å². The summed E-state index contributed by atoms with van der Waals surface area (Å²) in [6.07, 6.45) is 5.55. The number of hydrogen-bond donors (Lipinski definition) is 1. The van der Waals surface area contributed by atoms with E-state index >= 15 is 0 Å². The zero-order valence-corrected chi connectivity index (χ0v) is 15.6. The van der Waals surface area contributed by atoms with Crippen molar-refractivity contribution in [3.8, 4) is 0 Å². The van der Waals surface area contributed by atoms with Crippen molar-refractivity contribution in [3.05, 3.63) is 47.4 Å². The number of rotatable bonds is 4. The van der Waals surface area contributed by atoms with E-state index in [1.165, 1.54) is 18.5 Å². The molecule has 1 aliphatic carbocycles. The molecule has 1 aromatic heterocycles. The van der Waals surface area contributed by atoms with E-state index in [2.05, 4.69) is 15.3 Å². The molecular weight excluding hydrogens is 364 g/mol.